The summed E-state index contributed by atoms with van der Waals surface area (Å²) in [6.45, 7) is 10.2. The number of amidine groups is 1. The van der Waals surface area contributed by atoms with Gasteiger partial charge in [0.1, 0.15) is 11.6 Å². The summed E-state index contributed by atoms with van der Waals surface area (Å²) in [6, 6.07) is 12.0. The van der Waals surface area contributed by atoms with Crippen LogP contribution in [0, 0.1) is 13.8 Å². The zero-order valence-corrected chi connectivity index (χ0v) is 20.2. The Morgan fingerprint density at radius 2 is 1.87 bits per heavy atom. The molecule has 166 valence electrons. The Bertz CT molecular complexity index is 1040. The number of allylic oxidation sites excluding steroid dienone is 1. The van der Waals surface area contributed by atoms with Gasteiger partial charge in [0.05, 0.1) is 25.0 Å². The molecule has 0 saturated carbocycles. The number of aliphatic imine (C=N–C) groups is 1. The molecular weight excluding hydrogens is 413 g/mol. The van der Waals surface area contributed by atoms with E-state index >= 15 is 0 Å². The van der Waals surface area contributed by atoms with Gasteiger partial charge in [0.15, 0.2) is 0 Å². The van der Waals surface area contributed by atoms with E-state index in [0.717, 1.165) is 33.7 Å². The number of methoxy groups -OCH3 is 1. The predicted octanol–water partition coefficient (Wildman–Crippen LogP) is 6.83. The van der Waals surface area contributed by atoms with E-state index in [4.69, 9.17) is 4.74 Å². The summed E-state index contributed by atoms with van der Waals surface area (Å²) < 4.78 is 35.1. The average Bonchev–Trinajstić information content (AvgIpc) is 2.72. The standard InChI is InChI=1S/C25H31F2N2OP/c1-7-23-28-14-16(3)24(25(26,27)31)29(23)21-12-11-15(2)13-20(21)17(4)19-9-8-10-22(30-6)18(19)5/h8-13,17H,7,14,31H2,1-6H3/t17-/m1/s1. The topological polar surface area (TPSA) is 24.8 Å². The molecular formula is C25H31F2N2OP. The van der Waals surface area contributed by atoms with Crippen LogP contribution in [0.4, 0.5) is 14.5 Å². The lowest BCUT2D eigenvalue weighted by Crippen LogP contribution is -2.40. The largest absolute Gasteiger partial charge is 0.496 e. The number of alkyl halides is 2. The molecule has 2 atom stereocenters. The molecule has 2 aromatic carbocycles. The minimum Gasteiger partial charge on any atom is -0.496 e. The van der Waals surface area contributed by atoms with E-state index in [1.165, 1.54) is 0 Å². The molecule has 1 aliphatic heterocycles. The molecule has 0 fully saturated rings. The van der Waals surface area contributed by atoms with E-state index in [9.17, 15) is 8.78 Å². The number of hydrogen-bond donors (Lipinski definition) is 0. The molecule has 0 amide bonds. The van der Waals surface area contributed by atoms with Crippen LogP contribution in [0.1, 0.15) is 55.4 Å². The highest BCUT2D eigenvalue weighted by Gasteiger charge is 2.39. The molecule has 6 heteroatoms. The predicted molar refractivity (Wildman–Crippen MR) is 129 cm³/mol. The zero-order valence-electron chi connectivity index (χ0n) is 19.1. The van der Waals surface area contributed by atoms with Crippen molar-refractivity contribution in [2.75, 3.05) is 18.6 Å². The van der Waals surface area contributed by atoms with Gasteiger partial charge in [-0.15, -0.1) is 0 Å². The Labute approximate surface area is 186 Å². The summed E-state index contributed by atoms with van der Waals surface area (Å²) in [5.74, 6) is 1.45. The van der Waals surface area contributed by atoms with Crippen LogP contribution in [-0.2, 0) is 0 Å². The van der Waals surface area contributed by atoms with Crippen LogP contribution in [0.3, 0.4) is 0 Å². The van der Waals surface area contributed by atoms with Gasteiger partial charge in [-0.25, -0.2) is 0 Å². The van der Waals surface area contributed by atoms with Crippen molar-refractivity contribution in [3.05, 3.63) is 69.9 Å². The summed E-state index contributed by atoms with van der Waals surface area (Å²) in [4.78, 5) is 6.29. The number of aryl methyl sites for hydroxylation is 1. The fourth-order valence-corrected chi connectivity index (χ4v) is 4.73. The highest BCUT2D eigenvalue weighted by Crippen LogP contribution is 2.44. The van der Waals surface area contributed by atoms with Gasteiger partial charge in [-0.3, -0.25) is 9.89 Å². The molecule has 0 N–H and O–H groups in total. The van der Waals surface area contributed by atoms with Gasteiger partial charge in [0.2, 0.25) is 0 Å². The van der Waals surface area contributed by atoms with Gasteiger partial charge in [0, 0.05) is 12.3 Å². The monoisotopic (exact) mass is 444 g/mol. The summed E-state index contributed by atoms with van der Waals surface area (Å²) in [5, 5.41) is 0. The van der Waals surface area contributed by atoms with Crippen LogP contribution < -0.4 is 9.64 Å². The fourth-order valence-electron chi connectivity index (χ4n) is 4.35. The summed E-state index contributed by atoms with van der Waals surface area (Å²) >= 11 is 0. The minimum atomic E-state index is -3.06. The van der Waals surface area contributed by atoms with Crippen LogP contribution in [-0.4, -0.2) is 25.2 Å². The lowest BCUT2D eigenvalue weighted by molar-refractivity contribution is 0.143. The van der Waals surface area contributed by atoms with Gasteiger partial charge in [-0.05, 0) is 55.2 Å². The average molecular weight is 445 g/mol. The second kappa shape index (κ2) is 9.08. The van der Waals surface area contributed by atoms with Gasteiger partial charge in [-0.2, -0.15) is 8.78 Å². The van der Waals surface area contributed by atoms with Gasteiger partial charge in [0.25, 0.3) is 5.66 Å². The smallest absolute Gasteiger partial charge is 0.298 e. The third-order valence-electron chi connectivity index (χ3n) is 5.92. The van der Waals surface area contributed by atoms with Crippen molar-refractivity contribution in [3.63, 3.8) is 0 Å². The molecule has 1 unspecified atom stereocenters. The molecule has 0 bridgehead atoms. The van der Waals surface area contributed by atoms with Crippen molar-refractivity contribution in [3.8, 4) is 5.75 Å². The van der Waals surface area contributed by atoms with Crippen molar-refractivity contribution in [2.45, 2.75) is 52.6 Å². The number of rotatable bonds is 6. The van der Waals surface area contributed by atoms with E-state index in [-0.39, 0.29) is 11.6 Å². The van der Waals surface area contributed by atoms with Crippen molar-refractivity contribution in [1.29, 1.82) is 0 Å². The Morgan fingerprint density at radius 3 is 2.48 bits per heavy atom. The molecule has 1 heterocycles. The van der Waals surface area contributed by atoms with Gasteiger partial charge >= 0.3 is 0 Å². The lowest BCUT2D eigenvalue weighted by atomic mass is 9.87. The molecule has 0 spiro atoms. The number of anilines is 1. The summed E-state index contributed by atoms with van der Waals surface area (Å²) in [6.07, 6.45) is 0.567. The molecule has 1 aliphatic rings. The minimum absolute atomic E-state index is 0.00372. The van der Waals surface area contributed by atoms with Crippen molar-refractivity contribution < 1.29 is 13.5 Å². The lowest BCUT2D eigenvalue weighted by Gasteiger charge is -2.37. The highest BCUT2D eigenvalue weighted by molar-refractivity contribution is 7.18. The molecule has 3 nitrogen and oxygen atoms in total. The van der Waals surface area contributed by atoms with E-state index in [0.29, 0.717) is 24.4 Å². The third-order valence-corrected chi connectivity index (χ3v) is 6.19. The Kier molecular flexibility index (Phi) is 6.85. The van der Waals surface area contributed by atoms with E-state index in [1.54, 1.807) is 28.2 Å². The number of nitrogens with zero attached hydrogens (tertiary/aromatic N) is 2. The van der Waals surface area contributed by atoms with Crippen molar-refractivity contribution >= 4 is 20.8 Å². The van der Waals surface area contributed by atoms with E-state index in [1.807, 2.05) is 45.0 Å². The highest BCUT2D eigenvalue weighted by atomic mass is 31.0. The summed E-state index contributed by atoms with van der Waals surface area (Å²) in [5.41, 5.74) is 2.50. The third kappa shape index (κ3) is 4.52. The number of halogens is 2. The first-order valence-corrected chi connectivity index (χ1v) is 11.1. The van der Waals surface area contributed by atoms with Crippen LogP contribution in [0.25, 0.3) is 0 Å². The van der Waals surface area contributed by atoms with Crippen LogP contribution in [0.15, 0.2) is 52.7 Å². The molecule has 0 aromatic heterocycles. The van der Waals surface area contributed by atoms with Crippen LogP contribution in [0.5, 0.6) is 5.75 Å². The van der Waals surface area contributed by atoms with E-state index < -0.39 is 5.66 Å². The Balaban J connectivity index is 2.24. The second-order valence-corrected chi connectivity index (χ2v) is 8.86. The Hall–Kier alpha value is -2.26. The SMILES string of the molecule is CCC1=NCC(C)=C(C(F)(F)P)N1c1ccc(C)cc1[C@H](C)c1cccc(OC)c1C. The normalized spacial score (nSPS) is 15.8. The first kappa shape index (κ1) is 23.4. The Morgan fingerprint density at radius 1 is 1.16 bits per heavy atom. The summed E-state index contributed by atoms with van der Waals surface area (Å²) in [7, 11) is 3.37. The molecule has 3 rings (SSSR count). The molecule has 2 aromatic rings. The van der Waals surface area contributed by atoms with Gasteiger partial charge in [-0.1, -0.05) is 52.9 Å². The second-order valence-electron chi connectivity index (χ2n) is 8.13. The molecule has 31 heavy (non-hydrogen) atoms. The van der Waals surface area contributed by atoms with E-state index in [2.05, 4.69) is 24.0 Å². The fraction of sp³-hybridized carbons (Fsp3) is 0.400. The number of hydrogen-bond acceptors (Lipinski definition) is 3. The van der Waals surface area contributed by atoms with Crippen LogP contribution in [0.2, 0.25) is 0 Å². The molecule has 0 aliphatic carbocycles. The van der Waals surface area contributed by atoms with Gasteiger partial charge < -0.3 is 4.74 Å². The van der Waals surface area contributed by atoms with Crippen molar-refractivity contribution in [2.24, 2.45) is 4.99 Å². The van der Waals surface area contributed by atoms with Crippen molar-refractivity contribution in [1.82, 2.24) is 0 Å². The maximum Gasteiger partial charge on any atom is 0.298 e. The first-order chi connectivity index (χ1) is 14.6. The van der Waals surface area contributed by atoms with Crippen LogP contribution >= 0.6 is 9.24 Å². The zero-order chi connectivity index (χ0) is 22.9. The number of benzene rings is 2. The maximum absolute atomic E-state index is 14.8. The quantitative estimate of drug-likeness (QED) is 0.456. The molecule has 0 saturated heterocycles. The number of ether oxygens (including phenoxy) is 1. The molecule has 0 radical (unpaired) electrons. The maximum atomic E-state index is 14.8. The first-order valence-electron chi connectivity index (χ1n) is 10.5.